The van der Waals surface area contributed by atoms with Crippen molar-refractivity contribution >= 4 is 6.08 Å². The summed E-state index contributed by atoms with van der Waals surface area (Å²) in [5.74, 6) is -2.18. The van der Waals surface area contributed by atoms with Crippen LogP contribution in [0.3, 0.4) is 0 Å². The maximum Gasteiger partial charge on any atom is 0.235 e. The molecule has 0 amide bonds. The van der Waals surface area contributed by atoms with E-state index in [9.17, 15) is 18.0 Å². The van der Waals surface area contributed by atoms with Crippen LogP contribution in [0.15, 0.2) is 17.1 Å². The second-order valence-corrected chi connectivity index (χ2v) is 5.38. The molecular weight excluding hydrogens is 255 g/mol. The summed E-state index contributed by atoms with van der Waals surface area (Å²) in [6, 6.07) is 2.11. The fraction of sp³-hybridized carbons (Fsp3) is 0.500. The zero-order chi connectivity index (χ0) is 14.3. The van der Waals surface area contributed by atoms with Crippen molar-refractivity contribution in [1.29, 1.82) is 0 Å². The van der Waals surface area contributed by atoms with Crippen LogP contribution in [0.5, 0.6) is 0 Å². The van der Waals surface area contributed by atoms with Gasteiger partial charge in [-0.3, -0.25) is 0 Å². The number of aliphatic imine (C=N–C) groups is 1. The quantitative estimate of drug-likeness (QED) is 0.604. The first kappa shape index (κ1) is 13.8. The van der Waals surface area contributed by atoms with Crippen molar-refractivity contribution in [1.82, 2.24) is 0 Å². The van der Waals surface area contributed by atoms with E-state index in [1.54, 1.807) is 0 Å². The van der Waals surface area contributed by atoms with Crippen LogP contribution in [0.4, 0.5) is 13.2 Å². The molecule has 0 bridgehead atoms. The Hall–Kier alpha value is -1.61. The third-order valence-electron chi connectivity index (χ3n) is 3.66. The van der Waals surface area contributed by atoms with Gasteiger partial charge in [-0.25, -0.2) is 18.0 Å². The molecule has 0 spiro atoms. The Labute approximate surface area is 109 Å². The fourth-order valence-corrected chi connectivity index (χ4v) is 2.31. The normalized spacial score (nSPS) is 17.5. The highest BCUT2D eigenvalue weighted by Crippen LogP contribution is 2.47. The summed E-state index contributed by atoms with van der Waals surface area (Å²) in [5, 5.41) is 0. The molecule has 2 nitrogen and oxygen atoms in total. The van der Waals surface area contributed by atoms with Gasteiger partial charge in [0.05, 0.1) is 0 Å². The smallest absolute Gasteiger partial charge is 0.235 e. The van der Waals surface area contributed by atoms with Crippen LogP contribution in [0.25, 0.3) is 0 Å². The molecule has 2 rings (SSSR count). The highest BCUT2D eigenvalue weighted by molar-refractivity contribution is 5.42. The number of alkyl halides is 1. The van der Waals surface area contributed by atoms with E-state index in [0.29, 0.717) is 12.8 Å². The van der Waals surface area contributed by atoms with E-state index in [-0.39, 0.29) is 11.1 Å². The van der Waals surface area contributed by atoms with Crippen LogP contribution in [0.2, 0.25) is 0 Å². The van der Waals surface area contributed by atoms with E-state index in [4.69, 9.17) is 0 Å². The van der Waals surface area contributed by atoms with Crippen LogP contribution in [0.1, 0.15) is 44.2 Å². The van der Waals surface area contributed by atoms with Gasteiger partial charge in [0.15, 0.2) is 11.6 Å². The first-order valence-electron chi connectivity index (χ1n) is 6.08. The second kappa shape index (κ2) is 4.49. The molecule has 1 saturated carbocycles. The molecule has 0 unspecified atom stereocenters. The van der Waals surface area contributed by atoms with Crippen LogP contribution >= 0.6 is 0 Å². The summed E-state index contributed by atoms with van der Waals surface area (Å²) in [6.45, 7) is 2.53. The van der Waals surface area contributed by atoms with Gasteiger partial charge in [-0.2, -0.15) is 4.99 Å². The summed E-state index contributed by atoms with van der Waals surface area (Å²) in [6.07, 6.45) is 3.04. The molecule has 0 heterocycles. The largest absolute Gasteiger partial charge is 0.239 e. The van der Waals surface area contributed by atoms with Crippen LogP contribution < -0.4 is 0 Å². The van der Waals surface area contributed by atoms with E-state index in [1.165, 1.54) is 26.0 Å². The Morgan fingerprint density at radius 1 is 1.32 bits per heavy atom. The van der Waals surface area contributed by atoms with Crippen LogP contribution in [0, 0.1) is 11.6 Å². The molecule has 0 aliphatic heterocycles. The summed E-state index contributed by atoms with van der Waals surface area (Å²) >= 11 is 0. The number of nitrogens with zero attached hydrogens (tertiary/aromatic N) is 1. The Balaban J connectivity index is 2.62. The maximum absolute atomic E-state index is 13.9. The number of hydrogen-bond acceptors (Lipinski definition) is 2. The zero-order valence-electron chi connectivity index (χ0n) is 10.8. The van der Waals surface area contributed by atoms with E-state index in [2.05, 4.69) is 4.99 Å². The fourth-order valence-electron chi connectivity index (χ4n) is 2.31. The van der Waals surface area contributed by atoms with Gasteiger partial charge >= 0.3 is 0 Å². The zero-order valence-corrected chi connectivity index (χ0v) is 10.8. The molecule has 1 aliphatic rings. The minimum atomic E-state index is -1.79. The number of halogens is 3. The van der Waals surface area contributed by atoms with Gasteiger partial charge in [0.2, 0.25) is 6.08 Å². The molecule has 19 heavy (non-hydrogen) atoms. The molecule has 0 N–H and O–H groups in total. The second-order valence-electron chi connectivity index (χ2n) is 5.38. The highest BCUT2D eigenvalue weighted by atomic mass is 19.2. The van der Waals surface area contributed by atoms with Gasteiger partial charge in [-0.05, 0) is 50.8 Å². The molecule has 0 atom stereocenters. The lowest BCUT2D eigenvalue weighted by molar-refractivity contribution is 0.215. The molecule has 1 fully saturated rings. The highest BCUT2D eigenvalue weighted by Gasteiger charge is 2.42. The van der Waals surface area contributed by atoms with Crippen LogP contribution in [-0.2, 0) is 16.0 Å². The molecule has 5 heteroatoms. The SMILES string of the molecule is CC(C)(F)c1cc(F)c(F)c(C2(N=C=O)CCC2)c1. The number of isocyanates is 1. The van der Waals surface area contributed by atoms with Crippen LogP contribution in [-0.4, -0.2) is 6.08 Å². The summed E-state index contributed by atoms with van der Waals surface area (Å²) in [7, 11) is 0. The van der Waals surface area contributed by atoms with E-state index in [1.807, 2.05) is 0 Å². The predicted octanol–water partition coefficient (Wildman–Crippen LogP) is 3.88. The van der Waals surface area contributed by atoms with Gasteiger partial charge in [-0.1, -0.05) is 0 Å². The Bertz CT molecular complexity index is 553. The van der Waals surface area contributed by atoms with Gasteiger partial charge in [0, 0.05) is 5.56 Å². The van der Waals surface area contributed by atoms with Gasteiger partial charge < -0.3 is 0 Å². The number of hydrogen-bond donors (Lipinski definition) is 0. The number of rotatable bonds is 3. The van der Waals surface area contributed by atoms with Crippen molar-refractivity contribution in [3.05, 3.63) is 34.9 Å². The summed E-state index contributed by atoms with van der Waals surface area (Å²) in [5.41, 5.74) is -2.89. The maximum atomic E-state index is 13.9. The van der Waals surface area contributed by atoms with Crippen molar-refractivity contribution in [2.45, 2.75) is 44.3 Å². The molecule has 1 aromatic carbocycles. The number of benzene rings is 1. The molecule has 0 saturated heterocycles. The Morgan fingerprint density at radius 3 is 2.37 bits per heavy atom. The molecule has 102 valence electrons. The van der Waals surface area contributed by atoms with Crippen molar-refractivity contribution in [2.24, 2.45) is 4.99 Å². The molecule has 0 aromatic heterocycles. The standard InChI is InChI=1S/C14H14F3NO/c1-13(2,17)9-6-10(12(16)11(15)7-9)14(18-8-19)4-3-5-14/h6-7H,3-5H2,1-2H3. The lowest BCUT2D eigenvalue weighted by Crippen LogP contribution is -2.33. The van der Waals surface area contributed by atoms with Crippen molar-refractivity contribution in [3.8, 4) is 0 Å². The van der Waals surface area contributed by atoms with Crippen molar-refractivity contribution < 1.29 is 18.0 Å². The summed E-state index contributed by atoms with van der Waals surface area (Å²) in [4.78, 5) is 14.1. The lowest BCUT2D eigenvalue weighted by Gasteiger charge is -2.37. The van der Waals surface area contributed by atoms with Gasteiger partial charge in [0.25, 0.3) is 0 Å². The lowest BCUT2D eigenvalue weighted by atomic mass is 9.71. The van der Waals surface area contributed by atoms with E-state index < -0.39 is 22.8 Å². The first-order valence-corrected chi connectivity index (χ1v) is 6.08. The predicted molar refractivity (Wildman–Crippen MR) is 64.1 cm³/mol. The van der Waals surface area contributed by atoms with Gasteiger partial charge in [-0.15, -0.1) is 0 Å². The molecular formula is C14H14F3NO. The van der Waals surface area contributed by atoms with Crippen molar-refractivity contribution in [3.63, 3.8) is 0 Å². The number of carbonyl (C=O) groups excluding carboxylic acids is 1. The van der Waals surface area contributed by atoms with Gasteiger partial charge in [0.1, 0.15) is 11.2 Å². The third kappa shape index (κ3) is 2.30. The monoisotopic (exact) mass is 269 g/mol. The van der Waals surface area contributed by atoms with Crippen molar-refractivity contribution in [2.75, 3.05) is 0 Å². The third-order valence-corrected chi connectivity index (χ3v) is 3.66. The minimum absolute atomic E-state index is 0.0359. The minimum Gasteiger partial charge on any atom is -0.239 e. The first-order chi connectivity index (χ1) is 8.80. The van der Waals surface area contributed by atoms with E-state index in [0.717, 1.165) is 12.5 Å². The molecule has 1 aliphatic carbocycles. The average molecular weight is 269 g/mol. The molecule has 1 aromatic rings. The topological polar surface area (TPSA) is 29.4 Å². The van der Waals surface area contributed by atoms with E-state index >= 15 is 0 Å². The molecule has 0 radical (unpaired) electrons. The Morgan fingerprint density at radius 2 is 1.95 bits per heavy atom. The Kier molecular flexibility index (Phi) is 3.27. The average Bonchev–Trinajstić information content (AvgIpc) is 2.26. The summed E-state index contributed by atoms with van der Waals surface area (Å²) < 4.78 is 41.5.